The van der Waals surface area contributed by atoms with Crippen LogP contribution in [-0.4, -0.2) is 27.0 Å². The first-order valence-corrected chi connectivity index (χ1v) is 8.59. The van der Waals surface area contributed by atoms with Gasteiger partial charge in [-0.25, -0.2) is 4.90 Å². The van der Waals surface area contributed by atoms with E-state index >= 15 is 0 Å². The van der Waals surface area contributed by atoms with E-state index in [4.69, 9.17) is 11.6 Å². The molecule has 1 aliphatic heterocycles. The van der Waals surface area contributed by atoms with Gasteiger partial charge in [0.15, 0.2) is 5.82 Å². The Balaban J connectivity index is 1.64. The summed E-state index contributed by atoms with van der Waals surface area (Å²) in [6.07, 6.45) is 4.11. The summed E-state index contributed by atoms with van der Waals surface area (Å²) in [7, 11) is 0. The molecule has 3 heterocycles. The molecular weight excluding hydrogens is 352 g/mol. The van der Waals surface area contributed by atoms with Crippen molar-refractivity contribution < 1.29 is 9.59 Å². The van der Waals surface area contributed by atoms with E-state index in [1.54, 1.807) is 30.6 Å². The molecule has 4 rings (SSSR count). The SMILES string of the molecule is O=C1CCC(c2ccc(Cl)cc2)C(=O)N1c1cc(-c2ccncc2)[nH]n1. The minimum atomic E-state index is -0.383. The zero-order valence-corrected chi connectivity index (χ0v) is 14.5. The van der Waals surface area contributed by atoms with E-state index in [2.05, 4.69) is 15.2 Å². The highest BCUT2D eigenvalue weighted by molar-refractivity contribution is 6.30. The number of piperidine rings is 1. The van der Waals surface area contributed by atoms with Gasteiger partial charge in [-0.05, 0) is 36.2 Å². The van der Waals surface area contributed by atoms with Gasteiger partial charge in [0, 0.05) is 35.5 Å². The number of imide groups is 1. The summed E-state index contributed by atoms with van der Waals surface area (Å²) in [6, 6.07) is 12.5. The minimum absolute atomic E-state index is 0.243. The van der Waals surface area contributed by atoms with E-state index in [0.29, 0.717) is 17.3 Å². The molecule has 0 saturated carbocycles. The fraction of sp³-hybridized carbons (Fsp3) is 0.158. The number of benzene rings is 1. The number of carbonyl (C=O) groups excluding carboxylic acids is 2. The minimum Gasteiger partial charge on any atom is -0.276 e. The molecule has 0 radical (unpaired) electrons. The molecule has 1 fully saturated rings. The highest BCUT2D eigenvalue weighted by atomic mass is 35.5. The lowest BCUT2D eigenvalue weighted by Crippen LogP contribution is -2.44. The van der Waals surface area contributed by atoms with Crippen LogP contribution in [-0.2, 0) is 9.59 Å². The number of rotatable bonds is 3. The summed E-state index contributed by atoms with van der Waals surface area (Å²) >= 11 is 5.93. The van der Waals surface area contributed by atoms with Crippen LogP contribution < -0.4 is 4.90 Å². The second-order valence-electron chi connectivity index (χ2n) is 6.09. The largest absolute Gasteiger partial charge is 0.276 e. The number of amides is 2. The number of hydrogen-bond donors (Lipinski definition) is 1. The lowest BCUT2D eigenvalue weighted by atomic mass is 9.89. The van der Waals surface area contributed by atoms with Crippen molar-refractivity contribution in [1.29, 1.82) is 0 Å². The number of nitrogens with zero attached hydrogens (tertiary/aromatic N) is 3. The fourth-order valence-corrected chi connectivity index (χ4v) is 3.26. The second kappa shape index (κ2) is 6.72. The van der Waals surface area contributed by atoms with Gasteiger partial charge >= 0.3 is 0 Å². The molecule has 2 amide bonds. The van der Waals surface area contributed by atoms with Crippen LogP contribution in [0.3, 0.4) is 0 Å². The van der Waals surface area contributed by atoms with Crippen LogP contribution in [0.25, 0.3) is 11.3 Å². The summed E-state index contributed by atoms with van der Waals surface area (Å²) in [5.74, 6) is -0.583. The summed E-state index contributed by atoms with van der Waals surface area (Å²) < 4.78 is 0. The predicted molar refractivity (Wildman–Crippen MR) is 97.7 cm³/mol. The van der Waals surface area contributed by atoms with Gasteiger partial charge in [-0.3, -0.25) is 19.7 Å². The number of H-pyrrole nitrogens is 1. The third-order valence-electron chi connectivity index (χ3n) is 4.47. The van der Waals surface area contributed by atoms with Crippen molar-refractivity contribution in [3.63, 3.8) is 0 Å². The van der Waals surface area contributed by atoms with Crippen LogP contribution in [0.5, 0.6) is 0 Å². The lowest BCUT2D eigenvalue weighted by molar-refractivity contribution is -0.130. The monoisotopic (exact) mass is 366 g/mol. The molecule has 1 aliphatic rings. The third kappa shape index (κ3) is 2.99. The van der Waals surface area contributed by atoms with Crippen LogP contribution in [0.4, 0.5) is 5.82 Å². The van der Waals surface area contributed by atoms with Crippen molar-refractivity contribution in [3.8, 4) is 11.3 Å². The molecule has 6 nitrogen and oxygen atoms in total. The highest BCUT2D eigenvalue weighted by Gasteiger charge is 2.37. The van der Waals surface area contributed by atoms with Crippen molar-refractivity contribution in [3.05, 3.63) is 65.4 Å². The topological polar surface area (TPSA) is 79.0 Å². The number of halogens is 1. The predicted octanol–water partition coefficient (Wildman–Crippen LogP) is 3.56. The first kappa shape index (κ1) is 16.5. The number of hydrogen-bond acceptors (Lipinski definition) is 4. The average Bonchev–Trinajstić information content (AvgIpc) is 3.13. The van der Waals surface area contributed by atoms with Gasteiger partial charge in [0.25, 0.3) is 0 Å². The standard InChI is InChI=1S/C19H15ClN4O2/c20-14-3-1-12(2-4-14)15-5-6-18(25)24(19(15)26)17-11-16(22-23-17)13-7-9-21-10-8-13/h1-4,7-11,15H,5-6H2,(H,22,23). The van der Waals surface area contributed by atoms with Crippen molar-refractivity contribution in [2.24, 2.45) is 0 Å². The van der Waals surface area contributed by atoms with Gasteiger partial charge in [0.1, 0.15) is 0 Å². The zero-order chi connectivity index (χ0) is 18.1. The van der Waals surface area contributed by atoms with E-state index in [-0.39, 0.29) is 24.2 Å². The summed E-state index contributed by atoms with van der Waals surface area (Å²) in [5, 5.41) is 7.67. The summed E-state index contributed by atoms with van der Waals surface area (Å²) in [6.45, 7) is 0. The summed E-state index contributed by atoms with van der Waals surface area (Å²) in [5.41, 5.74) is 2.45. The molecular formula is C19H15ClN4O2. The first-order valence-electron chi connectivity index (χ1n) is 8.21. The van der Waals surface area contributed by atoms with Crippen molar-refractivity contribution >= 4 is 29.2 Å². The van der Waals surface area contributed by atoms with Crippen LogP contribution >= 0.6 is 11.6 Å². The Morgan fingerprint density at radius 3 is 2.54 bits per heavy atom. The van der Waals surface area contributed by atoms with Crippen LogP contribution in [0.15, 0.2) is 54.9 Å². The van der Waals surface area contributed by atoms with Crippen molar-refractivity contribution in [2.75, 3.05) is 4.90 Å². The molecule has 1 unspecified atom stereocenters. The maximum Gasteiger partial charge on any atom is 0.242 e. The number of carbonyl (C=O) groups is 2. The molecule has 7 heteroatoms. The molecule has 26 heavy (non-hydrogen) atoms. The molecule has 0 aliphatic carbocycles. The number of pyridine rings is 1. The molecule has 1 saturated heterocycles. The first-order chi connectivity index (χ1) is 12.6. The number of aromatic amines is 1. The van der Waals surface area contributed by atoms with Gasteiger partial charge in [-0.2, -0.15) is 5.10 Å². The number of aromatic nitrogens is 3. The van der Waals surface area contributed by atoms with Crippen molar-refractivity contribution in [2.45, 2.75) is 18.8 Å². The van der Waals surface area contributed by atoms with E-state index in [1.165, 1.54) is 4.90 Å². The Bertz CT molecular complexity index is 953. The van der Waals surface area contributed by atoms with E-state index < -0.39 is 0 Å². The van der Waals surface area contributed by atoms with Gasteiger partial charge in [0.05, 0.1) is 11.6 Å². The van der Waals surface area contributed by atoms with Gasteiger partial charge in [-0.15, -0.1) is 0 Å². The van der Waals surface area contributed by atoms with E-state index in [1.807, 2.05) is 24.3 Å². The Morgan fingerprint density at radius 1 is 1.08 bits per heavy atom. The van der Waals surface area contributed by atoms with Gasteiger partial charge in [0.2, 0.25) is 11.8 Å². The molecule has 1 N–H and O–H groups in total. The maximum atomic E-state index is 13.0. The van der Waals surface area contributed by atoms with Crippen LogP contribution in [0, 0.1) is 0 Å². The molecule has 2 aromatic heterocycles. The normalized spacial score (nSPS) is 17.6. The number of anilines is 1. The fourth-order valence-electron chi connectivity index (χ4n) is 3.13. The van der Waals surface area contributed by atoms with Gasteiger partial charge < -0.3 is 0 Å². The smallest absolute Gasteiger partial charge is 0.242 e. The molecule has 1 aromatic carbocycles. The highest BCUT2D eigenvalue weighted by Crippen LogP contribution is 2.33. The maximum absolute atomic E-state index is 13.0. The van der Waals surface area contributed by atoms with Crippen molar-refractivity contribution in [1.82, 2.24) is 15.2 Å². The Morgan fingerprint density at radius 2 is 1.81 bits per heavy atom. The van der Waals surface area contributed by atoms with Crippen LogP contribution in [0.2, 0.25) is 5.02 Å². The van der Waals surface area contributed by atoms with Crippen LogP contribution in [0.1, 0.15) is 24.3 Å². The Labute approximate surface area is 154 Å². The van der Waals surface area contributed by atoms with Gasteiger partial charge in [-0.1, -0.05) is 23.7 Å². The third-order valence-corrected chi connectivity index (χ3v) is 4.72. The molecule has 3 aromatic rings. The number of nitrogens with one attached hydrogen (secondary N) is 1. The quantitative estimate of drug-likeness (QED) is 0.719. The van der Waals surface area contributed by atoms with E-state index in [0.717, 1.165) is 16.8 Å². The Hall–Kier alpha value is -2.99. The zero-order valence-electron chi connectivity index (χ0n) is 13.7. The summed E-state index contributed by atoms with van der Waals surface area (Å²) in [4.78, 5) is 30.5. The molecule has 1 atom stereocenters. The molecule has 0 spiro atoms. The Kier molecular flexibility index (Phi) is 4.26. The molecule has 0 bridgehead atoms. The van der Waals surface area contributed by atoms with E-state index in [9.17, 15) is 9.59 Å². The lowest BCUT2D eigenvalue weighted by Gasteiger charge is -2.29. The second-order valence-corrected chi connectivity index (χ2v) is 6.52. The molecule has 130 valence electrons. The average molecular weight is 367 g/mol.